The molecule has 0 bridgehead atoms. The van der Waals surface area contributed by atoms with Gasteiger partial charge in [-0.05, 0) is 51.0 Å². The van der Waals surface area contributed by atoms with Crippen LogP contribution in [-0.4, -0.2) is 33.3 Å². The number of imidazole rings is 1. The molecule has 2 saturated heterocycles. The molecule has 0 saturated carbocycles. The van der Waals surface area contributed by atoms with E-state index in [1.807, 2.05) is 6.33 Å². The molecule has 1 aromatic heterocycles. The first kappa shape index (κ1) is 12.5. The molecule has 1 aromatic rings. The molecule has 2 aliphatic heterocycles. The molecule has 0 aromatic carbocycles. The third-order valence-electron chi connectivity index (χ3n) is 4.55. The second-order valence-corrected chi connectivity index (χ2v) is 6.84. The highest BCUT2D eigenvalue weighted by Crippen LogP contribution is 2.41. The zero-order valence-corrected chi connectivity index (χ0v) is 12.1. The summed E-state index contributed by atoms with van der Waals surface area (Å²) >= 11 is 2.07. The van der Waals surface area contributed by atoms with Crippen LogP contribution in [0.5, 0.6) is 0 Å². The summed E-state index contributed by atoms with van der Waals surface area (Å²) in [5.74, 6) is 2.52. The minimum Gasteiger partial charge on any atom is -0.375 e. The molecular formula is C14H22N2OS. The van der Waals surface area contributed by atoms with Crippen molar-refractivity contribution in [2.45, 2.75) is 51.2 Å². The van der Waals surface area contributed by atoms with Gasteiger partial charge in [-0.15, -0.1) is 0 Å². The maximum absolute atomic E-state index is 6.16. The topological polar surface area (TPSA) is 27.1 Å². The van der Waals surface area contributed by atoms with E-state index >= 15 is 0 Å². The number of hydrogen-bond acceptors (Lipinski definition) is 3. The fraction of sp³-hybridized carbons (Fsp3) is 0.786. The SMILES string of the molecule is Cc1ncn(C2CCOC3(CCSCC3)C2)c1C. The number of aromatic nitrogens is 2. The number of ether oxygens (including phenoxy) is 1. The van der Waals surface area contributed by atoms with Gasteiger partial charge in [0.25, 0.3) is 0 Å². The summed E-state index contributed by atoms with van der Waals surface area (Å²) in [5, 5.41) is 0. The first-order chi connectivity index (χ1) is 8.70. The minimum atomic E-state index is 0.165. The molecule has 0 N–H and O–H groups in total. The van der Waals surface area contributed by atoms with Gasteiger partial charge in [0, 0.05) is 18.3 Å². The van der Waals surface area contributed by atoms with E-state index in [0.717, 1.165) is 18.7 Å². The standard InChI is InChI=1S/C14H22N2OS/c1-11-12(2)16(10-15-11)13-3-6-17-14(9-13)4-7-18-8-5-14/h10,13H,3-9H2,1-2H3. The van der Waals surface area contributed by atoms with Crippen LogP contribution in [0, 0.1) is 13.8 Å². The van der Waals surface area contributed by atoms with Crippen molar-refractivity contribution in [3.8, 4) is 0 Å². The normalized spacial score (nSPS) is 27.6. The van der Waals surface area contributed by atoms with Gasteiger partial charge in [0.15, 0.2) is 0 Å². The Hall–Kier alpha value is -0.480. The largest absolute Gasteiger partial charge is 0.375 e. The van der Waals surface area contributed by atoms with E-state index in [4.69, 9.17) is 4.74 Å². The molecule has 1 spiro atoms. The highest BCUT2D eigenvalue weighted by atomic mass is 32.2. The highest BCUT2D eigenvalue weighted by molar-refractivity contribution is 7.99. The highest BCUT2D eigenvalue weighted by Gasteiger charge is 2.39. The van der Waals surface area contributed by atoms with Crippen molar-refractivity contribution in [3.63, 3.8) is 0 Å². The number of nitrogens with zero attached hydrogens (tertiary/aromatic N) is 2. The summed E-state index contributed by atoms with van der Waals surface area (Å²) in [6.07, 6.45) is 6.77. The Morgan fingerprint density at radius 1 is 1.39 bits per heavy atom. The van der Waals surface area contributed by atoms with Gasteiger partial charge in [0.1, 0.15) is 0 Å². The van der Waals surface area contributed by atoms with E-state index in [2.05, 4.69) is 35.2 Å². The monoisotopic (exact) mass is 266 g/mol. The summed E-state index contributed by atoms with van der Waals surface area (Å²) < 4.78 is 8.53. The summed E-state index contributed by atoms with van der Waals surface area (Å²) in [4.78, 5) is 4.44. The maximum Gasteiger partial charge on any atom is 0.0954 e. The van der Waals surface area contributed by atoms with Crippen LogP contribution >= 0.6 is 11.8 Å². The van der Waals surface area contributed by atoms with E-state index in [-0.39, 0.29) is 5.60 Å². The molecule has 3 heterocycles. The minimum absolute atomic E-state index is 0.165. The van der Waals surface area contributed by atoms with Crippen molar-refractivity contribution in [1.29, 1.82) is 0 Å². The van der Waals surface area contributed by atoms with Gasteiger partial charge in [-0.25, -0.2) is 4.98 Å². The van der Waals surface area contributed by atoms with E-state index in [1.165, 1.54) is 36.5 Å². The lowest BCUT2D eigenvalue weighted by atomic mass is 9.85. The lowest BCUT2D eigenvalue weighted by Crippen LogP contribution is -2.43. The number of aryl methyl sites for hydroxylation is 1. The molecule has 0 amide bonds. The predicted octanol–water partition coefficient (Wildman–Crippen LogP) is 3.12. The number of rotatable bonds is 1. The van der Waals surface area contributed by atoms with Crippen LogP contribution in [0.4, 0.5) is 0 Å². The van der Waals surface area contributed by atoms with Gasteiger partial charge in [-0.3, -0.25) is 0 Å². The molecule has 0 aliphatic carbocycles. The van der Waals surface area contributed by atoms with Crippen LogP contribution in [-0.2, 0) is 4.74 Å². The van der Waals surface area contributed by atoms with Crippen molar-refractivity contribution in [1.82, 2.24) is 9.55 Å². The van der Waals surface area contributed by atoms with Crippen molar-refractivity contribution < 1.29 is 4.74 Å². The molecule has 18 heavy (non-hydrogen) atoms. The molecule has 100 valence electrons. The Morgan fingerprint density at radius 2 is 2.17 bits per heavy atom. The van der Waals surface area contributed by atoms with Gasteiger partial charge >= 0.3 is 0 Å². The van der Waals surface area contributed by atoms with Crippen LogP contribution in [0.1, 0.15) is 43.1 Å². The molecular weight excluding hydrogens is 244 g/mol. The molecule has 2 fully saturated rings. The van der Waals surface area contributed by atoms with Gasteiger partial charge in [-0.1, -0.05) is 0 Å². The zero-order chi connectivity index (χ0) is 12.6. The molecule has 1 unspecified atom stereocenters. The summed E-state index contributed by atoms with van der Waals surface area (Å²) in [7, 11) is 0. The molecule has 3 rings (SSSR count). The van der Waals surface area contributed by atoms with E-state index < -0.39 is 0 Å². The Morgan fingerprint density at radius 3 is 2.83 bits per heavy atom. The van der Waals surface area contributed by atoms with Crippen LogP contribution in [0.25, 0.3) is 0 Å². The van der Waals surface area contributed by atoms with Crippen LogP contribution < -0.4 is 0 Å². The summed E-state index contributed by atoms with van der Waals surface area (Å²) in [6, 6.07) is 0.586. The smallest absolute Gasteiger partial charge is 0.0954 e. The van der Waals surface area contributed by atoms with Crippen LogP contribution in [0.2, 0.25) is 0 Å². The fourth-order valence-electron chi connectivity index (χ4n) is 3.21. The Labute approximate surface area is 113 Å². The molecule has 0 radical (unpaired) electrons. The average molecular weight is 266 g/mol. The van der Waals surface area contributed by atoms with Crippen molar-refractivity contribution in [3.05, 3.63) is 17.7 Å². The fourth-order valence-corrected chi connectivity index (χ4v) is 4.45. The van der Waals surface area contributed by atoms with Gasteiger partial charge in [0.2, 0.25) is 0 Å². The first-order valence-corrected chi connectivity index (χ1v) is 8.07. The van der Waals surface area contributed by atoms with Crippen LogP contribution in [0.15, 0.2) is 6.33 Å². The van der Waals surface area contributed by atoms with Crippen molar-refractivity contribution in [2.24, 2.45) is 0 Å². The quantitative estimate of drug-likeness (QED) is 0.781. The predicted molar refractivity (Wildman–Crippen MR) is 75.2 cm³/mol. The number of thioether (sulfide) groups is 1. The summed E-state index contributed by atoms with van der Waals surface area (Å²) in [6.45, 7) is 5.19. The van der Waals surface area contributed by atoms with Crippen LogP contribution in [0.3, 0.4) is 0 Å². The zero-order valence-electron chi connectivity index (χ0n) is 11.3. The average Bonchev–Trinajstić information content (AvgIpc) is 2.71. The molecule has 4 heteroatoms. The third-order valence-corrected chi connectivity index (χ3v) is 5.54. The third kappa shape index (κ3) is 2.21. The lowest BCUT2D eigenvalue weighted by molar-refractivity contribution is -0.0990. The molecule has 3 nitrogen and oxygen atoms in total. The Balaban J connectivity index is 1.79. The summed E-state index contributed by atoms with van der Waals surface area (Å²) in [5.41, 5.74) is 2.65. The lowest BCUT2D eigenvalue weighted by Gasteiger charge is -2.43. The van der Waals surface area contributed by atoms with Crippen molar-refractivity contribution >= 4 is 11.8 Å². The Bertz CT molecular complexity index is 418. The van der Waals surface area contributed by atoms with E-state index in [9.17, 15) is 0 Å². The Kier molecular flexibility index (Phi) is 3.41. The number of hydrogen-bond donors (Lipinski definition) is 0. The molecule has 1 atom stereocenters. The van der Waals surface area contributed by atoms with E-state index in [0.29, 0.717) is 6.04 Å². The van der Waals surface area contributed by atoms with E-state index in [1.54, 1.807) is 0 Å². The second kappa shape index (κ2) is 4.89. The van der Waals surface area contributed by atoms with Gasteiger partial charge < -0.3 is 9.30 Å². The second-order valence-electron chi connectivity index (χ2n) is 5.61. The molecule has 2 aliphatic rings. The van der Waals surface area contributed by atoms with Crippen molar-refractivity contribution in [2.75, 3.05) is 18.1 Å². The van der Waals surface area contributed by atoms with Gasteiger partial charge in [0.05, 0.1) is 17.6 Å². The maximum atomic E-state index is 6.16. The first-order valence-electron chi connectivity index (χ1n) is 6.92. The van der Waals surface area contributed by atoms with Gasteiger partial charge in [-0.2, -0.15) is 11.8 Å².